The lowest BCUT2D eigenvalue weighted by atomic mass is 10.2. The number of aryl methyl sites for hydroxylation is 1. The zero-order valence-corrected chi connectivity index (χ0v) is 14.3. The fraction of sp³-hybridized carbons (Fsp3) is 0.188. The number of benzene rings is 2. The minimum absolute atomic E-state index is 0.322. The van der Waals surface area contributed by atoms with Gasteiger partial charge in [0.05, 0.1) is 15.7 Å². The van der Waals surface area contributed by atoms with Gasteiger partial charge in [0.1, 0.15) is 5.75 Å². The zero-order valence-electron chi connectivity index (χ0n) is 12.0. The van der Waals surface area contributed by atoms with E-state index >= 15 is 0 Å². The Labute approximate surface area is 144 Å². The van der Waals surface area contributed by atoms with Gasteiger partial charge in [0, 0.05) is 5.02 Å². The molecule has 3 nitrogen and oxygen atoms in total. The molecule has 0 spiro atoms. The molecule has 0 unspecified atom stereocenters. The van der Waals surface area contributed by atoms with Gasteiger partial charge in [-0.1, -0.05) is 40.9 Å². The standard InChI is InChI=1S/C16H14Cl3NO2/c1-9-3-5-14(12(18)7-9)20-16(21)10(2)22-15-6-4-11(17)8-13(15)19/h3-8,10H,1-2H3,(H,20,21)/t10-/m0/s1. The Morgan fingerprint density at radius 1 is 1.09 bits per heavy atom. The molecule has 0 aromatic heterocycles. The first-order valence-corrected chi connectivity index (χ1v) is 7.69. The van der Waals surface area contributed by atoms with Crippen molar-refractivity contribution in [3.63, 3.8) is 0 Å². The summed E-state index contributed by atoms with van der Waals surface area (Å²) in [6, 6.07) is 10.2. The molecule has 1 atom stereocenters. The summed E-state index contributed by atoms with van der Waals surface area (Å²) in [5.74, 6) is 0.0699. The second kappa shape index (κ2) is 7.23. The van der Waals surface area contributed by atoms with Crippen LogP contribution in [-0.4, -0.2) is 12.0 Å². The number of hydrogen-bond acceptors (Lipinski definition) is 2. The summed E-state index contributed by atoms with van der Waals surface area (Å²) in [5, 5.41) is 4.05. The fourth-order valence-electron chi connectivity index (χ4n) is 1.77. The highest BCUT2D eigenvalue weighted by molar-refractivity contribution is 6.35. The van der Waals surface area contributed by atoms with E-state index in [2.05, 4.69) is 5.32 Å². The van der Waals surface area contributed by atoms with Gasteiger partial charge in [-0.15, -0.1) is 0 Å². The number of nitrogens with one attached hydrogen (secondary N) is 1. The molecule has 2 aromatic rings. The van der Waals surface area contributed by atoms with Crippen LogP contribution in [0, 0.1) is 6.92 Å². The van der Waals surface area contributed by atoms with Crippen molar-refractivity contribution >= 4 is 46.4 Å². The zero-order chi connectivity index (χ0) is 16.3. The van der Waals surface area contributed by atoms with E-state index in [0.717, 1.165) is 5.56 Å². The number of rotatable bonds is 4. The number of carbonyl (C=O) groups is 1. The monoisotopic (exact) mass is 357 g/mol. The van der Waals surface area contributed by atoms with Gasteiger partial charge in [-0.25, -0.2) is 0 Å². The quantitative estimate of drug-likeness (QED) is 0.799. The number of anilines is 1. The summed E-state index contributed by atoms with van der Waals surface area (Å²) in [5.41, 5.74) is 1.55. The van der Waals surface area contributed by atoms with E-state index in [-0.39, 0.29) is 5.91 Å². The fourth-order valence-corrected chi connectivity index (χ4v) is 2.51. The molecule has 0 saturated carbocycles. The van der Waals surface area contributed by atoms with Crippen molar-refractivity contribution in [1.29, 1.82) is 0 Å². The number of halogens is 3. The van der Waals surface area contributed by atoms with Crippen molar-refractivity contribution in [2.75, 3.05) is 5.32 Å². The van der Waals surface area contributed by atoms with Crippen molar-refractivity contribution in [2.45, 2.75) is 20.0 Å². The Hall–Kier alpha value is -1.42. The third kappa shape index (κ3) is 4.29. The molecular weight excluding hydrogens is 345 g/mol. The van der Waals surface area contributed by atoms with E-state index in [1.807, 2.05) is 13.0 Å². The number of ether oxygens (including phenoxy) is 1. The first-order valence-electron chi connectivity index (χ1n) is 6.55. The predicted molar refractivity (Wildman–Crippen MR) is 91.4 cm³/mol. The number of amides is 1. The summed E-state index contributed by atoms with van der Waals surface area (Å²) in [6.45, 7) is 3.55. The van der Waals surface area contributed by atoms with Crippen molar-refractivity contribution < 1.29 is 9.53 Å². The van der Waals surface area contributed by atoms with E-state index in [9.17, 15) is 4.79 Å². The van der Waals surface area contributed by atoms with Gasteiger partial charge in [0.25, 0.3) is 5.91 Å². The molecule has 0 aliphatic heterocycles. The lowest BCUT2D eigenvalue weighted by Crippen LogP contribution is -2.30. The molecule has 0 fully saturated rings. The Morgan fingerprint density at radius 3 is 2.45 bits per heavy atom. The average Bonchev–Trinajstić information content (AvgIpc) is 2.44. The summed E-state index contributed by atoms with van der Waals surface area (Å²) in [6.07, 6.45) is -0.740. The maximum absolute atomic E-state index is 12.2. The highest BCUT2D eigenvalue weighted by Crippen LogP contribution is 2.29. The van der Waals surface area contributed by atoms with Crippen molar-refractivity contribution in [3.05, 3.63) is 57.0 Å². The predicted octanol–water partition coefficient (Wildman–Crippen LogP) is 5.36. The topological polar surface area (TPSA) is 38.3 Å². The van der Waals surface area contributed by atoms with Crippen LogP contribution in [-0.2, 0) is 4.79 Å². The molecule has 2 rings (SSSR count). The normalized spacial score (nSPS) is 11.9. The van der Waals surface area contributed by atoms with Crippen molar-refractivity contribution in [1.82, 2.24) is 0 Å². The number of hydrogen-bond donors (Lipinski definition) is 1. The van der Waals surface area contributed by atoms with Gasteiger partial charge in [-0.3, -0.25) is 4.79 Å². The van der Waals surface area contributed by atoms with Gasteiger partial charge in [0.2, 0.25) is 0 Å². The maximum atomic E-state index is 12.2. The van der Waals surface area contributed by atoms with E-state index in [0.29, 0.717) is 26.5 Å². The van der Waals surface area contributed by atoms with E-state index < -0.39 is 6.10 Å². The van der Waals surface area contributed by atoms with Crippen LogP contribution in [0.25, 0.3) is 0 Å². The molecule has 0 aliphatic carbocycles. The molecule has 0 heterocycles. The molecule has 2 aromatic carbocycles. The first-order chi connectivity index (χ1) is 10.4. The summed E-state index contributed by atoms with van der Waals surface area (Å²) in [7, 11) is 0. The average molecular weight is 359 g/mol. The molecule has 22 heavy (non-hydrogen) atoms. The van der Waals surface area contributed by atoms with Crippen LogP contribution in [0.1, 0.15) is 12.5 Å². The Balaban J connectivity index is 2.05. The van der Waals surface area contributed by atoms with Gasteiger partial charge in [-0.2, -0.15) is 0 Å². The Bertz CT molecular complexity index is 704. The Morgan fingerprint density at radius 2 is 1.82 bits per heavy atom. The molecule has 0 radical (unpaired) electrons. The molecular formula is C16H14Cl3NO2. The highest BCUT2D eigenvalue weighted by Gasteiger charge is 2.17. The van der Waals surface area contributed by atoms with Gasteiger partial charge < -0.3 is 10.1 Å². The maximum Gasteiger partial charge on any atom is 0.265 e. The van der Waals surface area contributed by atoms with Gasteiger partial charge in [0.15, 0.2) is 6.10 Å². The molecule has 0 bridgehead atoms. The summed E-state index contributed by atoms with van der Waals surface area (Å²) >= 11 is 17.9. The van der Waals surface area contributed by atoms with Crippen LogP contribution < -0.4 is 10.1 Å². The molecule has 1 N–H and O–H groups in total. The van der Waals surface area contributed by atoms with Crippen LogP contribution >= 0.6 is 34.8 Å². The molecule has 0 saturated heterocycles. The minimum atomic E-state index is -0.740. The second-order valence-electron chi connectivity index (χ2n) is 4.81. The second-order valence-corrected chi connectivity index (χ2v) is 6.06. The van der Waals surface area contributed by atoms with Crippen LogP contribution in [0.2, 0.25) is 15.1 Å². The minimum Gasteiger partial charge on any atom is -0.479 e. The summed E-state index contributed by atoms with van der Waals surface area (Å²) < 4.78 is 5.55. The van der Waals surface area contributed by atoms with E-state index in [4.69, 9.17) is 39.5 Å². The molecule has 116 valence electrons. The lowest BCUT2D eigenvalue weighted by Gasteiger charge is -2.16. The third-order valence-corrected chi connectivity index (χ3v) is 3.79. The highest BCUT2D eigenvalue weighted by atomic mass is 35.5. The van der Waals surface area contributed by atoms with Crippen molar-refractivity contribution in [2.24, 2.45) is 0 Å². The summed E-state index contributed by atoms with van der Waals surface area (Å²) in [4.78, 5) is 12.2. The van der Waals surface area contributed by atoms with Gasteiger partial charge in [-0.05, 0) is 49.7 Å². The molecule has 6 heteroatoms. The van der Waals surface area contributed by atoms with Crippen LogP contribution in [0.5, 0.6) is 5.75 Å². The van der Waals surface area contributed by atoms with E-state index in [1.165, 1.54) is 0 Å². The molecule has 0 aliphatic rings. The smallest absolute Gasteiger partial charge is 0.265 e. The van der Waals surface area contributed by atoms with E-state index in [1.54, 1.807) is 37.3 Å². The van der Waals surface area contributed by atoms with Crippen LogP contribution in [0.4, 0.5) is 5.69 Å². The SMILES string of the molecule is Cc1ccc(NC(=O)[C@H](C)Oc2ccc(Cl)cc2Cl)c(Cl)c1. The largest absolute Gasteiger partial charge is 0.479 e. The lowest BCUT2D eigenvalue weighted by molar-refractivity contribution is -0.122. The van der Waals surface area contributed by atoms with Crippen LogP contribution in [0.15, 0.2) is 36.4 Å². The molecule has 1 amide bonds. The van der Waals surface area contributed by atoms with Crippen LogP contribution in [0.3, 0.4) is 0 Å². The van der Waals surface area contributed by atoms with Gasteiger partial charge >= 0.3 is 0 Å². The Kier molecular flexibility index (Phi) is 5.57. The third-order valence-electron chi connectivity index (χ3n) is 2.95. The van der Waals surface area contributed by atoms with Crippen molar-refractivity contribution in [3.8, 4) is 5.75 Å². The first kappa shape index (κ1) is 16.9. The number of carbonyl (C=O) groups excluding carboxylic acids is 1.